The van der Waals surface area contributed by atoms with Gasteiger partial charge in [0.05, 0.1) is 48.2 Å². The van der Waals surface area contributed by atoms with E-state index in [1.165, 1.54) is 17.7 Å². The van der Waals surface area contributed by atoms with E-state index in [0.29, 0.717) is 28.9 Å². The van der Waals surface area contributed by atoms with Gasteiger partial charge in [0.1, 0.15) is 28.6 Å². The van der Waals surface area contributed by atoms with Crippen LogP contribution < -0.4 is 5.73 Å². The Kier molecular flexibility index (Phi) is 6.61. The molecule has 0 spiro atoms. The van der Waals surface area contributed by atoms with Gasteiger partial charge in [-0.1, -0.05) is 6.07 Å². The zero-order valence-corrected chi connectivity index (χ0v) is 22.1. The molecule has 0 radical (unpaired) electrons. The number of rotatable bonds is 7. The molecule has 1 aliphatic rings. The third kappa shape index (κ3) is 4.79. The first-order chi connectivity index (χ1) is 18.9. The molecule has 202 valence electrons. The fraction of sp³-hybridized carbons (Fsp3) is 0.357. The maximum absolute atomic E-state index is 15.2. The SMILES string of the molecule is CCN(Cc1cn2cc(CCN3CCOCC3)ccc2n1)C(=O)c1cc2c(cc1F)nc(N)c1cnc(C)n12. The van der Waals surface area contributed by atoms with Crippen molar-refractivity contribution in [2.75, 3.05) is 45.1 Å². The molecule has 0 bridgehead atoms. The Morgan fingerprint density at radius 1 is 1.15 bits per heavy atom. The summed E-state index contributed by atoms with van der Waals surface area (Å²) in [7, 11) is 0. The van der Waals surface area contributed by atoms with Crippen LogP contribution in [0.25, 0.3) is 22.2 Å². The summed E-state index contributed by atoms with van der Waals surface area (Å²) in [6, 6.07) is 6.89. The second-order valence-electron chi connectivity index (χ2n) is 9.90. The Morgan fingerprint density at radius 3 is 2.77 bits per heavy atom. The number of hydrogen-bond acceptors (Lipinski definition) is 7. The van der Waals surface area contributed by atoms with Crippen molar-refractivity contribution in [2.45, 2.75) is 26.8 Å². The van der Waals surface area contributed by atoms with Gasteiger partial charge < -0.3 is 19.8 Å². The average molecular weight is 531 g/mol. The summed E-state index contributed by atoms with van der Waals surface area (Å²) in [5.74, 6) is -0.124. The van der Waals surface area contributed by atoms with Gasteiger partial charge >= 0.3 is 0 Å². The molecule has 1 aromatic carbocycles. The van der Waals surface area contributed by atoms with Gasteiger partial charge in [0.25, 0.3) is 5.91 Å². The number of morpholine rings is 1. The van der Waals surface area contributed by atoms with E-state index in [0.717, 1.165) is 50.6 Å². The number of fused-ring (bicyclic) bond motifs is 4. The minimum Gasteiger partial charge on any atom is -0.382 e. The fourth-order valence-corrected chi connectivity index (χ4v) is 5.22. The van der Waals surface area contributed by atoms with E-state index in [-0.39, 0.29) is 17.9 Å². The summed E-state index contributed by atoms with van der Waals surface area (Å²) in [6.45, 7) is 8.85. The highest BCUT2D eigenvalue weighted by molar-refractivity contribution is 5.98. The Balaban J connectivity index is 1.24. The fourth-order valence-electron chi connectivity index (χ4n) is 5.22. The molecule has 5 heterocycles. The van der Waals surface area contributed by atoms with Crippen LogP contribution in [0.4, 0.5) is 10.2 Å². The van der Waals surface area contributed by atoms with Crippen molar-refractivity contribution in [3.63, 3.8) is 0 Å². The quantitative estimate of drug-likeness (QED) is 0.345. The Hall–Kier alpha value is -4.09. The molecule has 0 atom stereocenters. The third-order valence-corrected chi connectivity index (χ3v) is 7.38. The number of hydrogen-bond donors (Lipinski definition) is 1. The molecule has 0 saturated carbocycles. The second kappa shape index (κ2) is 10.2. The highest BCUT2D eigenvalue weighted by atomic mass is 19.1. The molecule has 39 heavy (non-hydrogen) atoms. The Morgan fingerprint density at radius 2 is 1.97 bits per heavy atom. The van der Waals surface area contributed by atoms with Crippen molar-refractivity contribution in [2.24, 2.45) is 0 Å². The third-order valence-electron chi connectivity index (χ3n) is 7.38. The van der Waals surface area contributed by atoms with Crippen molar-refractivity contribution in [1.29, 1.82) is 0 Å². The summed E-state index contributed by atoms with van der Waals surface area (Å²) in [5.41, 5.74) is 10.3. The van der Waals surface area contributed by atoms with Crippen molar-refractivity contribution in [3.05, 3.63) is 71.3 Å². The number of nitrogens with two attached hydrogens (primary N) is 1. The number of imidazole rings is 2. The smallest absolute Gasteiger partial charge is 0.257 e. The molecule has 1 fully saturated rings. The van der Waals surface area contributed by atoms with Gasteiger partial charge in [-0.05, 0) is 38.0 Å². The van der Waals surface area contributed by atoms with Crippen molar-refractivity contribution >= 4 is 33.9 Å². The van der Waals surface area contributed by atoms with Crippen LogP contribution in [0.2, 0.25) is 0 Å². The monoisotopic (exact) mass is 530 g/mol. The zero-order chi connectivity index (χ0) is 27.1. The van der Waals surface area contributed by atoms with E-state index in [9.17, 15) is 4.79 Å². The summed E-state index contributed by atoms with van der Waals surface area (Å²) < 4.78 is 24.4. The van der Waals surface area contributed by atoms with Gasteiger partial charge in [0, 0.05) is 44.6 Å². The topological polar surface area (TPSA) is 106 Å². The normalized spacial score (nSPS) is 14.5. The van der Waals surface area contributed by atoms with Crippen LogP contribution in [0.3, 0.4) is 0 Å². The number of ether oxygens (including phenoxy) is 1. The number of amides is 1. The molecule has 0 unspecified atom stereocenters. The van der Waals surface area contributed by atoms with Gasteiger partial charge in [-0.15, -0.1) is 0 Å². The van der Waals surface area contributed by atoms with E-state index in [1.807, 2.05) is 30.5 Å². The van der Waals surface area contributed by atoms with Crippen molar-refractivity contribution in [1.82, 2.24) is 33.6 Å². The lowest BCUT2D eigenvalue weighted by atomic mass is 10.1. The molecular weight excluding hydrogens is 499 g/mol. The molecule has 4 aromatic heterocycles. The molecule has 1 saturated heterocycles. The highest BCUT2D eigenvalue weighted by Gasteiger charge is 2.22. The van der Waals surface area contributed by atoms with Crippen LogP contribution in [-0.4, -0.2) is 78.9 Å². The predicted molar refractivity (Wildman–Crippen MR) is 146 cm³/mol. The van der Waals surface area contributed by atoms with Crippen LogP contribution in [0.1, 0.15) is 34.4 Å². The Labute approximate surface area is 224 Å². The molecule has 1 aliphatic heterocycles. The van der Waals surface area contributed by atoms with Crippen LogP contribution in [-0.2, 0) is 17.7 Å². The number of nitrogens with zero attached hydrogens (tertiary/aromatic N) is 7. The minimum absolute atomic E-state index is 0.0283. The lowest BCUT2D eigenvalue weighted by Gasteiger charge is -2.26. The number of aromatic nitrogens is 5. The number of aryl methyl sites for hydroxylation is 1. The number of pyridine rings is 1. The maximum atomic E-state index is 15.2. The lowest BCUT2D eigenvalue weighted by molar-refractivity contribution is 0.0384. The first-order valence-corrected chi connectivity index (χ1v) is 13.2. The number of anilines is 1. The summed E-state index contributed by atoms with van der Waals surface area (Å²) >= 11 is 0. The van der Waals surface area contributed by atoms with E-state index in [1.54, 1.807) is 15.5 Å². The number of nitrogen functional groups attached to an aromatic ring is 1. The maximum Gasteiger partial charge on any atom is 0.257 e. The predicted octanol–water partition coefficient (Wildman–Crippen LogP) is 3.10. The van der Waals surface area contributed by atoms with Crippen molar-refractivity contribution < 1.29 is 13.9 Å². The minimum atomic E-state index is -0.644. The van der Waals surface area contributed by atoms with Gasteiger partial charge in [-0.3, -0.25) is 14.1 Å². The number of halogens is 1. The second-order valence-corrected chi connectivity index (χ2v) is 9.90. The average Bonchev–Trinajstić information content (AvgIpc) is 3.53. The molecule has 0 aliphatic carbocycles. The van der Waals surface area contributed by atoms with Crippen molar-refractivity contribution in [3.8, 4) is 0 Å². The highest BCUT2D eigenvalue weighted by Crippen LogP contribution is 2.25. The van der Waals surface area contributed by atoms with Crippen LogP contribution in [0.15, 0.2) is 42.9 Å². The number of benzene rings is 1. The first-order valence-electron chi connectivity index (χ1n) is 13.2. The van der Waals surface area contributed by atoms with E-state index in [4.69, 9.17) is 15.5 Å². The number of carbonyl (C=O) groups excluding carboxylic acids is 1. The van der Waals surface area contributed by atoms with Gasteiger partial charge in [0.2, 0.25) is 0 Å². The molecule has 2 N–H and O–H groups in total. The summed E-state index contributed by atoms with van der Waals surface area (Å²) in [5, 5.41) is 0. The lowest BCUT2D eigenvalue weighted by Crippen LogP contribution is -2.37. The Bertz CT molecular complexity index is 1690. The summed E-state index contributed by atoms with van der Waals surface area (Å²) in [6.07, 6.45) is 6.59. The van der Waals surface area contributed by atoms with Gasteiger partial charge in [0.15, 0.2) is 0 Å². The summed E-state index contributed by atoms with van der Waals surface area (Å²) in [4.78, 5) is 30.9. The number of carbonyl (C=O) groups is 1. The van der Waals surface area contributed by atoms with Crippen LogP contribution >= 0.6 is 0 Å². The molecule has 10 nitrogen and oxygen atoms in total. The van der Waals surface area contributed by atoms with E-state index < -0.39 is 11.7 Å². The van der Waals surface area contributed by atoms with E-state index >= 15 is 4.39 Å². The zero-order valence-electron chi connectivity index (χ0n) is 22.1. The largest absolute Gasteiger partial charge is 0.382 e. The van der Waals surface area contributed by atoms with Crippen LogP contribution in [0.5, 0.6) is 0 Å². The molecule has 11 heteroatoms. The molecule has 1 amide bonds. The first kappa shape index (κ1) is 25.2. The molecule has 5 aromatic rings. The molecule has 6 rings (SSSR count). The van der Waals surface area contributed by atoms with E-state index in [2.05, 4.69) is 27.1 Å². The molecular formula is C28H31FN8O2. The standard InChI is InChI=1S/C28H31FN8O2/c1-3-35(16-20-17-36-15-19(4-5-26(36)32-20)6-7-34-8-10-39-11-9-34)28(38)21-12-24-23(13-22(21)29)33-27(30)25-14-31-18(2)37(24)25/h4-5,12-15,17H,3,6-11,16H2,1-2H3,(H2,30,33). The van der Waals surface area contributed by atoms with Gasteiger partial charge in [-0.25, -0.2) is 19.3 Å². The van der Waals surface area contributed by atoms with Gasteiger partial charge in [-0.2, -0.15) is 0 Å². The van der Waals surface area contributed by atoms with Crippen LogP contribution in [0, 0.1) is 12.7 Å².